The maximum absolute atomic E-state index is 12.4. The summed E-state index contributed by atoms with van der Waals surface area (Å²) in [5.74, 6) is 1.01. The van der Waals surface area contributed by atoms with Crippen molar-refractivity contribution in [2.24, 2.45) is 5.92 Å². The molecule has 2 aromatic rings. The Balaban J connectivity index is 1.45. The van der Waals surface area contributed by atoms with E-state index in [9.17, 15) is 24.0 Å². The summed E-state index contributed by atoms with van der Waals surface area (Å²) in [7, 11) is -9.56. The van der Waals surface area contributed by atoms with Crippen LogP contribution in [0.5, 0.6) is 0 Å². The first-order valence-corrected chi connectivity index (χ1v) is 20.0. The molecule has 0 spiro atoms. The van der Waals surface area contributed by atoms with Crippen molar-refractivity contribution in [1.82, 2.24) is 19.5 Å². The molecule has 0 amide bonds. The molecule has 0 aliphatic carbocycles. The largest absolute Gasteiger partial charge is 0.479 e. The Morgan fingerprint density at radius 1 is 0.826 bits per heavy atom. The van der Waals surface area contributed by atoms with Crippen LogP contribution in [0.4, 0.5) is 5.82 Å². The second-order valence-corrected chi connectivity index (χ2v) is 15.6. The van der Waals surface area contributed by atoms with Crippen molar-refractivity contribution in [3.63, 3.8) is 0 Å². The summed E-state index contributed by atoms with van der Waals surface area (Å²) in [5, 5.41) is 9.65. The van der Waals surface area contributed by atoms with Gasteiger partial charge in [-0.2, -0.15) is 0 Å². The number of aliphatic hydroxyl groups is 1. The molecular weight excluding hydrogens is 636 g/mol. The van der Waals surface area contributed by atoms with Crippen molar-refractivity contribution in [2.75, 3.05) is 38.5 Å². The van der Waals surface area contributed by atoms with Crippen LogP contribution in [0.1, 0.15) is 110 Å². The van der Waals surface area contributed by atoms with Crippen LogP contribution in [0, 0.1) is 5.92 Å². The smallest absolute Gasteiger partial charge is 0.394 e. The fourth-order valence-corrected chi connectivity index (χ4v) is 7.39. The fraction of sp³-hybridized carbons (Fsp3) is 0.833. The number of unbranched alkanes of at least 4 members (excludes halogenated alkanes) is 13. The van der Waals surface area contributed by atoms with Gasteiger partial charge in [-0.15, -0.1) is 0 Å². The van der Waals surface area contributed by atoms with Crippen LogP contribution in [0.2, 0.25) is 0 Å². The molecule has 2 heterocycles. The van der Waals surface area contributed by atoms with E-state index in [2.05, 4.69) is 33.1 Å². The van der Waals surface area contributed by atoms with Crippen LogP contribution < -0.4 is 5.73 Å². The molecule has 2 rings (SSSR count). The highest BCUT2D eigenvalue weighted by atomic mass is 31.3. The van der Waals surface area contributed by atoms with Gasteiger partial charge in [0.1, 0.15) is 18.2 Å². The quantitative estimate of drug-likeness (QED) is 0.0526. The lowest BCUT2D eigenvalue weighted by Gasteiger charge is -2.20. The highest BCUT2D eigenvalue weighted by Crippen LogP contribution is 2.59. The first-order chi connectivity index (χ1) is 22.0. The summed E-state index contributed by atoms with van der Waals surface area (Å²) < 4.78 is 46.0. The summed E-state index contributed by atoms with van der Waals surface area (Å²) >= 11 is 0. The van der Waals surface area contributed by atoms with Gasteiger partial charge in [0.2, 0.25) is 0 Å². The molecule has 16 heteroatoms. The van der Waals surface area contributed by atoms with E-state index in [1.807, 2.05) is 0 Å². The maximum atomic E-state index is 12.4. The molecule has 0 bridgehead atoms. The minimum Gasteiger partial charge on any atom is -0.394 e. The van der Waals surface area contributed by atoms with Gasteiger partial charge in [-0.05, 0) is 12.3 Å². The summed E-state index contributed by atoms with van der Waals surface area (Å²) in [6.45, 7) is 4.33. The number of imidazole rings is 1. The van der Waals surface area contributed by atoms with Crippen LogP contribution in [0.15, 0.2) is 12.7 Å². The zero-order valence-electron chi connectivity index (χ0n) is 27.7. The molecule has 0 aliphatic rings. The molecule has 0 aromatic carbocycles. The Hall–Kier alpha value is -1.47. The van der Waals surface area contributed by atoms with E-state index >= 15 is 0 Å². The average molecular weight is 694 g/mol. The second kappa shape index (κ2) is 23.0. The standard InChI is InChI=1S/C30H57N5O9P2/c1-26(2)17-15-13-11-9-7-5-3-4-6-8-10-12-14-16-18-41-19-20-43-46(39,40)44-45(37,38)25-42-27(22-36)21-35-24-34-28-29(31)32-23-33-30(28)35/h23-24,26-27,36H,3-22,25H2,1-2H3,(H,37,38)(H,39,40)(H2,31,32,33)/t27-/m0/s1. The summed E-state index contributed by atoms with van der Waals surface area (Å²) in [5.41, 5.74) is 6.51. The monoisotopic (exact) mass is 693 g/mol. The van der Waals surface area contributed by atoms with Crippen LogP contribution in [0.3, 0.4) is 0 Å². The number of aliphatic hydroxyl groups excluding tert-OH is 1. The molecule has 0 fully saturated rings. The average Bonchev–Trinajstić information content (AvgIpc) is 3.41. The molecule has 0 radical (unpaired) electrons. The maximum Gasteiger partial charge on any atom is 0.479 e. The molecule has 46 heavy (non-hydrogen) atoms. The Labute approximate surface area is 274 Å². The minimum absolute atomic E-state index is 0.00704. The predicted octanol–water partition coefficient (Wildman–Crippen LogP) is 6.59. The lowest BCUT2D eigenvalue weighted by atomic mass is 10.0. The molecule has 5 N–H and O–H groups in total. The molecular formula is C30H57N5O9P2. The second-order valence-electron chi connectivity index (χ2n) is 12.2. The summed E-state index contributed by atoms with van der Waals surface area (Å²) in [6.07, 6.45) is 19.9. The number of ether oxygens (including phenoxy) is 2. The molecule has 2 unspecified atom stereocenters. The first-order valence-electron chi connectivity index (χ1n) is 16.7. The SMILES string of the molecule is CC(C)CCCCCCCCCCCCCCCCOCCOP(=O)(O)OP(=O)(O)CO[C@H](CO)Cn1cnc2c(N)ncnc21. The number of nitrogens with two attached hydrogens (primary N) is 1. The Morgan fingerprint density at radius 3 is 2.00 bits per heavy atom. The molecule has 2 aromatic heterocycles. The van der Waals surface area contributed by atoms with Crippen LogP contribution in [0.25, 0.3) is 11.2 Å². The van der Waals surface area contributed by atoms with Crippen LogP contribution in [-0.4, -0.2) is 73.3 Å². The zero-order chi connectivity index (χ0) is 33.7. The van der Waals surface area contributed by atoms with Gasteiger partial charge in [-0.3, -0.25) is 9.09 Å². The van der Waals surface area contributed by atoms with Gasteiger partial charge in [-0.1, -0.05) is 104 Å². The van der Waals surface area contributed by atoms with Gasteiger partial charge in [0.25, 0.3) is 0 Å². The van der Waals surface area contributed by atoms with E-state index in [0.29, 0.717) is 17.8 Å². The van der Waals surface area contributed by atoms with Gasteiger partial charge >= 0.3 is 15.4 Å². The molecule has 14 nitrogen and oxygen atoms in total. The highest BCUT2D eigenvalue weighted by Gasteiger charge is 2.34. The number of hydrogen-bond donors (Lipinski definition) is 4. The van der Waals surface area contributed by atoms with Crippen LogP contribution in [-0.2, 0) is 34.0 Å². The van der Waals surface area contributed by atoms with Gasteiger partial charge in [0.15, 0.2) is 11.5 Å². The van der Waals surface area contributed by atoms with Crippen molar-refractivity contribution in [3.8, 4) is 0 Å². The Bertz CT molecular complexity index is 1190. The molecule has 3 atom stereocenters. The van der Waals surface area contributed by atoms with Crippen molar-refractivity contribution < 1.29 is 42.3 Å². The molecule has 0 aliphatic heterocycles. The molecule has 0 saturated carbocycles. The van der Waals surface area contributed by atoms with Crippen LogP contribution >= 0.6 is 15.4 Å². The van der Waals surface area contributed by atoms with Gasteiger partial charge in [0.05, 0.1) is 38.8 Å². The number of aromatic nitrogens is 4. The van der Waals surface area contributed by atoms with E-state index in [1.54, 1.807) is 0 Å². The van der Waals surface area contributed by atoms with Gasteiger partial charge < -0.3 is 34.7 Å². The number of fused-ring (bicyclic) bond motifs is 1. The number of nitrogens with zero attached hydrogens (tertiary/aromatic N) is 4. The fourth-order valence-electron chi connectivity index (χ4n) is 5.01. The van der Waals surface area contributed by atoms with Crippen molar-refractivity contribution in [1.29, 1.82) is 0 Å². The summed E-state index contributed by atoms with van der Waals surface area (Å²) in [6, 6.07) is 0. The van der Waals surface area contributed by atoms with Crippen molar-refractivity contribution in [2.45, 2.75) is 123 Å². The number of nitrogen functional groups attached to an aromatic ring is 1. The Morgan fingerprint density at radius 2 is 1.41 bits per heavy atom. The third-order valence-corrected chi connectivity index (χ3v) is 10.4. The molecule has 266 valence electrons. The third-order valence-electron chi connectivity index (χ3n) is 7.54. The normalized spacial score (nSPS) is 15.3. The number of hydrogen-bond acceptors (Lipinski definition) is 11. The highest BCUT2D eigenvalue weighted by molar-refractivity contribution is 7.63. The van der Waals surface area contributed by atoms with Crippen molar-refractivity contribution in [3.05, 3.63) is 12.7 Å². The Kier molecular flexibility index (Phi) is 20.3. The van der Waals surface area contributed by atoms with Gasteiger partial charge in [-0.25, -0.2) is 23.8 Å². The lowest BCUT2D eigenvalue weighted by molar-refractivity contribution is 0.0196. The topological polar surface area (TPSA) is 201 Å². The van der Waals surface area contributed by atoms with E-state index in [4.69, 9.17) is 19.7 Å². The number of phosphoric acid groups is 1. The first kappa shape index (κ1) is 40.7. The van der Waals surface area contributed by atoms with E-state index in [-0.39, 0.29) is 25.6 Å². The molecule has 0 saturated heterocycles. The van der Waals surface area contributed by atoms with E-state index in [1.165, 1.54) is 94.3 Å². The zero-order valence-corrected chi connectivity index (χ0v) is 29.5. The third kappa shape index (κ3) is 18.2. The van der Waals surface area contributed by atoms with E-state index < -0.39 is 34.5 Å². The van der Waals surface area contributed by atoms with E-state index in [0.717, 1.165) is 25.2 Å². The van der Waals surface area contributed by atoms with Gasteiger partial charge in [0, 0.05) is 6.61 Å². The number of phosphoric ester groups is 1. The lowest BCUT2D eigenvalue weighted by Crippen LogP contribution is -2.24. The number of rotatable bonds is 29. The predicted molar refractivity (Wildman–Crippen MR) is 178 cm³/mol. The number of anilines is 1. The minimum atomic E-state index is -4.85. The summed E-state index contributed by atoms with van der Waals surface area (Å²) in [4.78, 5) is 31.9. The van der Waals surface area contributed by atoms with Crippen molar-refractivity contribution >= 4 is 32.4 Å².